The number of hydrogen-bond acceptors (Lipinski definition) is 4. The Morgan fingerprint density at radius 1 is 1.15 bits per heavy atom. The van der Waals surface area contributed by atoms with Crippen LogP contribution in [0.15, 0.2) is 35.2 Å². The predicted octanol–water partition coefficient (Wildman–Crippen LogP) is 3.23. The SMILES string of the molecule is C[C@@]12CC3(C[C@@H](C[C@@H]1Sc1ccccc1)O2)OCCO3. The average Bonchev–Trinajstić information content (AvgIpc) is 2.94. The maximum Gasteiger partial charge on any atom is 0.173 e. The first-order chi connectivity index (χ1) is 9.68. The molecule has 108 valence electrons. The molecule has 4 rings (SSSR count). The smallest absolute Gasteiger partial charge is 0.173 e. The fourth-order valence-corrected chi connectivity index (χ4v) is 5.12. The molecular weight excluding hydrogens is 272 g/mol. The molecule has 3 aliphatic rings. The number of fused-ring (bicyclic) bond motifs is 2. The van der Waals surface area contributed by atoms with Gasteiger partial charge < -0.3 is 14.2 Å². The van der Waals surface area contributed by atoms with E-state index >= 15 is 0 Å². The lowest BCUT2D eigenvalue weighted by Crippen LogP contribution is -2.49. The molecule has 3 fully saturated rings. The Morgan fingerprint density at radius 2 is 1.90 bits per heavy atom. The van der Waals surface area contributed by atoms with Gasteiger partial charge in [-0.25, -0.2) is 0 Å². The highest BCUT2D eigenvalue weighted by Crippen LogP contribution is 2.53. The molecule has 0 N–H and O–H groups in total. The largest absolute Gasteiger partial charge is 0.370 e. The van der Waals surface area contributed by atoms with Crippen LogP contribution >= 0.6 is 11.8 Å². The van der Waals surface area contributed by atoms with E-state index in [4.69, 9.17) is 14.2 Å². The maximum absolute atomic E-state index is 6.28. The Hall–Kier alpha value is -0.550. The van der Waals surface area contributed by atoms with Crippen LogP contribution in [-0.2, 0) is 14.2 Å². The normalized spacial score (nSPS) is 38.5. The van der Waals surface area contributed by atoms with Gasteiger partial charge in [0.15, 0.2) is 5.79 Å². The summed E-state index contributed by atoms with van der Waals surface area (Å²) in [7, 11) is 0. The molecule has 1 aromatic rings. The molecule has 0 aromatic heterocycles. The van der Waals surface area contributed by atoms with Crippen LogP contribution in [0.1, 0.15) is 26.2 Å². The highest BCUT2D eigenvalue weighted by Gasteiger charge is 2.58. The van der Waals surface area contributed by atoms with E-state index in [2.05, 4.69) is 37.3 Å². The lowest BCUT2D eigenvalue weighted by atomic mass is 9.92. The Balaban J connectivity index is 1.55. The summed E-state index contributed by atoms with van der Waals surface area (Å²) in [6.07, 6.45) is 3.09. The zero-order valence-corrected chi connectivity index (χ0v) is 12.5. The molecule has 3 nitrogen and oxygen atoms in total. The van der Waals surface area contributed by atoms with Gasteiger partial charge in [-0.1, -0.05) is 18.2 Å². The molecule has 0 unspecified atom stereocenters. The number of benzene rings is 1. The lowest BCUT2D eigenvalue weighted by Gasteiger charge is -2.42. The Bertz CT molecular complexity index is 486. The van der Waals surface area contributed by atoms with Gasteiger partial charge in [0, 0.05) is 23.0 Å². The quantitative estimate of drug-likeness (QED) is 0.836. The van der Waals surface area contributed by atoms with Gasteiger partial charge in [0.05, 0.1) is 24.9 Å². The molecule has 3 aliphatic heterocycles. The summed E-state index contributed by atoms with van der Waals surface area (Å²) in [4.78, 5) is 1.32. The van der Waals surface area contributed by atoms with Gasteiger partial charge in [0.1, 0.15) is 0 Å². The minimum absolute atomic E-state index is 0.145. The zero-order valence-electron chi connectivity index (χ0n) is 11.7. The summed E-state index contributed by atoms with van der Waals surface area (Å²) in [5.74, 6) is -0.371. The van der Waals surface area contributed by atoms with Gasteiger partial charge in [-0.2, -0.15) is 0 Å². The Morgan fingerprint density at radius 3 is 2.65 bits per heavy atom. The van der Waals surface area contributed by atoms with E-state index in [0.717, 1.165) is 32.5 Å². The van der Waals surface area contributed by atoms with E-state index in [1.165, 1.54) is 4.90 Å². The first-order valence-corrected chi connectivity index (χ1v) is 8.23. The molecule has 1 spiro atoms. The first kappa shape index (κ1) is 13.1. The van der Waals surface area contributed by atoms with Gasteiger partial charge in [-0.15, -0.1) is 11.8 Å². The third-order valence-corrected chi connectivity index (χ3v) is 6.11. The average molecular weight is 292 g/mol. The van der Waals surface area contributed by atoms with E-state index in [9.17, 15) is 0 Å². The number of ether oxygens (including phenoxy) is 3. The second-order valence-corrected chi connectivity index (χ2v) is 7.47. The first-order valence-electron chi connectivity index (χ1n) is 7.35. The Kier molecular flexibility index (Phi) is 3.11. The number of thioether (sulfide) groups is 1. The van der Waals surface area contributed by atoms with Gasteiger partial charge >= 0.3 is 0 Å². The lowest BCUT2D eigenvalue weighted by molar-refractivity contribution is -0.246. The topological polar surface area (TPSA) is 27.7 Å². The molecule has 4 heteroatoms. The third-order valence-electron chi connectivity index (χ3n) is 4.59. The monoisotopic (exact) mass is 292 g/mol. The second-order valence-electron chi connectivity index (χ2n) is 6.20. The van der Waals surface area contributed by atoms with Gasteiger partial charge in [0.2, 0.25) is 0 Å². The molecule has 0 radical (unpaired) electrons. The van der Waals surface area contributed by atoms with Crippen LogP contribution in [0.5, 0.6) is 0 Å². The highest BCUT2D eigenvalue weighted by molar-refractivity contribution is 8.00. The fourth-order valence-electron chi connectivity index (χ4n) is 3.78. The highest BCUT2D eigenvalue weighted by atomic mass is 32.2. The van der Waals surface area contributed by atoms with Gasteiger partial charge in [-0.05, 0) is 25.5 Å². The van der Waals surface area contributed by atoms with Crippen LogP contribution in [-0.4, -0.2) is 36.0 Å². The van der Waals surface area contributed by atoms with Crippen molar-refractivity contribution in [1.82, 2.24) is 0 Å². The second kappa shape index (κ2) is 4.73. The van der Waals surface area contributed by atoms with Crippen LogP contribution < -0.4 is 0 Å². The van der Waals surface area contributed by atoms with Crippen LogP contribution in [0.2, 0.25) is 0 Å². The van der Waals surface area contributed by atoms with Crippen molar-refractivity contribution in [3.63, 3.8) is 0 Å². The standard InChI is InChI=1S/C16H20O3S/c1-15-11-16(17-7-8-18-16)10-12(19-15)9-14(15)20-13-5-3-2-4-6-13/h2-6,12,14H,7-11H2,1H3/t12-,14+,15-/m1/s1. The van der Waals surface area contributed by atoms with Crippen LogP contribution in [0.25, 0.3) is 0 Å². The van der Waals surface area contributed by atoms with Crippen molar-refractivity contribution in [2.45, 2.75) is 53.8 Å². The zero-order chi connectivity index (χ0) is 13.6. The van der Waals surface area contributed by atoms with E-state index in [0.29, 0.717) is 5.25 Å². The number of hydrogen-bond donors (Lipinski definition) is 0. The van der Waals surface area contributed by atoms with Crippen LogP contribution in [0.3, 0.4) is 0 Å². The fraction of sp³-hybridized carbons (Fsp3) is 0.625. The van der Waals surface area contributed by atoms with Crippen molar-refractivity contribution in [2.24, 2.45) is 0 Å². The molecule has 0 saturated carbocycles. The van der Waals surface area contributed by atoms with E-state index in [1.807, 2.05) is 11.8 Å². The minimum atomic E-state index is -0.371. The summed E-state index contributed by atoms with van der Waals surface area (Å²) in [6.45, 7) is 3.66. The summed E-state index contributed by atoms with van der Waals surface area (Å²) in [5.41, 5.74) is -0.145. The molecule has 3 atom stereocenters. The van der Waals surface area contributed by atoms with Gasteiger partial charge in [0.25, 0.3) is 0 Å². The molecule has 0 aliphatic carbocycles. The number of rotatable bonds is 2. The molecule has 0 amide bonds. The van der Waals surface area contributed by atoms with Crippen molar-refractivity contribution in [3.8, 4) is 0 Å². The molecule has 1 aromatic carbocycles. The Labute approximate surface area is 124 Å². The van der Waals surface area contributed by atoms with Crippen molar-refractivity contribution < 1.29 is 14.2 Å². The molecule has 20 heavy (non-hydrogen) atoms. The van der Waals surface area contributed by atoms with Crippen LogP contribution in [0.4, 0.5) is 0 Å². The predicted molar refractivity (Wildman–Crippen MR) is 77.9 cm³/mol. The van der Waals surface area contributed by atoms with Crippen molar-refractivity contribution in [2.75, 3.05) is 13.2 Å². The molecule has 3 heterocycles. The van der Waals surface area contributed by atoms with Crippen molar-refractivity contribution >= 4 is 11.8 Å². The molecule has 3 saturated heterocycles. The van der Waals surface area contributed by atoms with E-state index in [1.54, 1.807) is 0 Å². The third kappa shape index (κ3) is 2.19. The summed E-state index contributed by atoms with van der Waals surface area (Å²) in [5, 5.41) is 0.474. The minimum Gasteiger partial charge on any atom is -0.370 e. The van der Waals surface area contributed by atoms with Crippen molar-refractivity contribution in [1.29, 1.82) is 0 Å². The van der Waals surface area contributed by atoms with E-state index < -0.39 is 0 Å². The summed E-state index contributed by atoms with van der Waals surface area (Å²) >= 11 is 1.93. The molecule has 2 bridgehead atoms. The molecular formula is C16H20O3S. The van der Waals surface area contributed by atoms with Crippen LogP contribution in [0, 0.1) is 0 Å². The van der Waals surface area contributed by atoms with E-state index in [-0.39, 0.29) is 17.5 Å². The van der Waals surface area contributed by atoms with Gasteiger partial charge in [-0.3, -0.25) is 0 Å². The van der Waals surface area contributed by atoms with Crippen molar-refractivity contribution in [3.05, 3.63) is 30.3 Å². The maximum atomic E-state index is 6.28. The summed E-state index contributed by atoms with van der Waals surface area (Å²) < 4.78 is 18.1. The summed E-state index contributed by atoms with van der Waals surface area (Å²) in [6, 6.07) is 10.6.